The van der Waals surface area contributed by atoms with Gasteiger partial charge in [0.1, 0.15) is 23.4 Å². The number of benzene rings is 1. The van der Waals surface area contributed by atoms with E-state index in [1.54, 1.807) is 6.07 Å². The van der Waals surface area contributed by atoms with Gasteiger partial charge in [-0.25, -0.2) is 18.7 Å². The van der Waals surface area contributed by atoms with Crippen molar-refractivity contribution in [1.29, 1.82) is 5.26 Å². The van der Waals surface area contributed by atoms with Gasteiger partial charge in [0.15, 0.2) is 11.6 Å². The Morgan fingerprint density at radius 2 is 1.97 bits per heavy atom. The van der Waals surface area contributed by atoms with E-state index in [0.717, 1.165) is 18.3 Å². The topological polar surface area (TPSA) is 155 Å². The van der Waals surface area contributed by atoms with Crippen LogP contribution in [-0.2, 0) is 11.2 Å². The molecule has 0 aliphatic carbocycles. The molecular formula is C24H21F2N5O4. The maximum Gasteiger partial charge on any atom is 0.187 e. The number of aliphatic hydroxyl groups is 2. The van der Waals surface area contributed by atoms with Crippen molar-refractivity contribution in [2.45, 2.75) is 43.7 Å². The fraction of sp³-hybridized carbons (Fsp3) is 0.292. The van der Waals surface area contributed by atoms with Gasteiger partial charge in [-0.2, -0.15) is 5.26 Å². The van der Waals surface area contributed by atoms with Crippen molar-refractivity contribution >= 4 is 11.5 Å². The first-order valence-electron chi connectivity index (χ1n) is 10.7. The molecule has 1 aliphatic heterocycles. The Bertz CT molecular complexity index is 1280. The fourth-order valence-corrected chi connectivity index (χ4v) is 4.02. The number of halogens is 2. The number of rotatable bonds is 6. The van der Waals surface area contributed by atoms with E-state index in [9.17, 15) is 23.8 Å². The van der Waals surface area contributed by atoms with Crippen LogP contribution in [0.3, 0.4) is 0 Å². The molecule has 180 valence electrons. The van der Waals surface area contributed by atoms with Crippen LogP contribution in [0.1, 0.15) is 40.6 Å². The summed E-state index contributed by atoms with van der Waals surface area (Å²) in [6, 6.07) is 6.84. The maximum atomic E-state index is 14.2. The van der Waals surface area contributed by atoms with E-state index < -0.39 is 47.4 Å². The third-order valence-electron chi connectivity index (χ3n) is 5.77. The lowest BCUT2D eigenvalue weighted by Gasteiger charge is -2.37. The zero-order valence-corrected chi connectivity index (χ0v) is 18.3. The number of carbonyl (C=O) groups excluding carboxylic acids is 1. The number of pyridine rings is 1. The number of nitrogen functional groups attached to an aromatic ring is 1. The van der Waals surface area contributed by atoms with Gasteiger partial charge in [0.2, 0.25) is 0 Å². The van der Waals surface area contributed by atoms with E-state index in [2.05, 4.69) is 15.0 Å². The molecule has 11 heteroatoms. The SMILES string of the molecule is N#CC[C@H]1O[C@@H](c2ccncc2CC(=O)c2nc(-c3c(F)cccc3F)ncc2N)C[C@@H](O)[C@@H]1O. The molecule has 3 heterocycles. The molecule has 1 fully saturated rings. The first-order valence-corrected chi connectivity index (χ1v) is 10.7. The second-order valence-corrected chi connectivity index (χ2v) is 8.09. The second kappa shape index (κ2) is 10.2. The quantitative estimate of drug-likeness (QED) is 0.450. The fourth-order valence-electron chi connectivity index (χ4n) is 4.02. The van der Waals surface area contributed by atoms with Crippen molar-refractivity contribution in [2.75, 3.05) is 5.73 Å². The number of nitriles is 1. The van der Waals surface area contributed by atoms with Crippen LogP contribution in [0.25, 0.3) is 11.4 Å². The Hall–Kier alpha value is -3.85. The zero-order valence-electron chi connectivity index (χ0n) is 18.3. The van der Waals surface area contributed by atoms with Crippen LogP contribution in [0.2, 0.25) is 0 Å². The van der Waals surface area contributed by atoms with Gasteiger partial charge in [0, 0.05) is 25.2 Å². The summed E-state index contributed by atoms with van der Waals surface area (Å²) in [4.78, 5) is 25.1. The molecule has 4 N–H and O–H groups in total. The van der Waals surface area contributed by atoms with Gasteiger partial charge in [-0.3, -0.25) is 9.78 Å². The minimum atomic E-state index is -1.21. The van der Waals surface area contributed by atoms with Gasteiger partial charge in [-0.05, 0) is 29.3 Å². The first-order chi connectivity index (χ1) is 16.8. The Morgan fingerprint density at radius 1 is 1.23 bits per heavy atom. The molecule has 0 radical (unpaired) electrons. The maximum absolute atomic E-state index is 14.2. The van der Waals surface area contributed by atoms with Gasteiger partial charge >= 0.3 is 0 Å². The minimum Gasteiger partial charge on any atom is -0.396 e. The molecule has 0 unspecified atom stereocenters. The molecule has 3 aromatic rings. The van der Waals surface area contributed by atoms with Crippen LogP contribution in [0, 0.1) is 23.0 Å². The number of anilines is 1. The highest BCUT2D eigenvalue weighted by Gasteiger charge is 2.38. The molecule has 0 saturated carbocycles. The Kier molecular flexibility index (Phi) is 7.07. The molecule has 9 nitrogen and oxygen atoms in total. The van der Waals surface area contributed by atoms with Crippen molar-refractivity contribution in [3.63, 3.8) is 0 Å². The van der Waals surface area contributed by atoms with Crippen molar-refractivity contribution in [2.24, 2.45) is 0 Å². The Balaban J connectivity index is 1.63. The van der Waals surface area contributed by atoms with Crippen molar-refractivity contribution in [3.8, 4) is 17.5 Å². The van der Waals surface area contributed by atoms with Crippen LogP contribution in [0.5, 0.6) is 0 Å². The third-order valence-corrected chi connectivity index (χ3v) is 5.77. The summed E-state index contributed by atoms with van der Waals surface area (Å²) in [5.41, 5.74) is 6.12. The van der Waals surface area contributed by atoms with Gasteiger partial charge < -0.3 is 20.7 Å². The molecule has 1 saturated heterocycles. The largest absolute Gasteiger partial charge is 0.396 e. The zero-order chi connectivity index (χ0) is 25.1. The second-order valence-electron chi connectivity index (χ2n) is 8.09. The molecular weight excluding hydrogens is 460 g/mol. The standard InChI is InChI=1S/C24H21F2N5O4/c25-14-2-1-3-15(26)21(14)24-30-11-16(28)22(31-24)17(32)8-12-10-29-7-5-13(12)20-9-18(33)23(34)19(35-20)4-6-27/h1-3,5,7,10-11,18-20,23,33-34H,4,8-9,28H2/t18-,19-,20-,23+/m1/s1. The average Bonchev–Trinajstić information content (AvgIpc) is 2.83. The summed E-state index contributed by atoms with van der Waals surface area (Å²) in [6.07, 6.45) is -0.212. The highest BCUT2D eigenvalue weighted by Crippen LogP contribution is 2.35. The molecule has 1 aromatic carbocycles. The highest BCUT2D eigenvalue weighted by atomic mass is 19.1. The Labute approximate surface area is 198 Å². The van der Waals surface area contributed by atoms with Gasteiger partial charge in [-0.15, -0.1) is 0 Å². The molecule has 0 amide bonds. The van der Waals surface area contributed by atoms with E-state index in [1.807, 2.05) is 6.07 Å². The lowest BCUT2D eigenvalue weighted by Crippen LogP contribution is -2.45. The predicted octanol–water partition coefficient (Wildman–Crippen LogP) is 2.29. The van der Waals surface area contributed by atoms with E-state index in [4.69, 9.17) is 15.7 Å². The number of nitrogens with two attached hydrogens (primary N) is 1. The minimum absolute atomic E-state index is 0.0423. The van der Waals surface area contributed by atoms with Crippen LogP contribution in [0.4, 0.5) is 14.5 Å². The summed E-state index contributed by atoms with van der Waals surface area (Å²) in [6.45, 7) is 0. The normalized spacial score (nSPS) is 21.9. The van der Waals surface area contributed by atoms with Crippen LogP contribution < -0.4 is 5.73 Å². The molecule has 1 aliphatic rings. The van der Waals surface area contributed by atoms with Gasteiger partial charge in [0.25, 0.3) is 0 Å². The smallest absolute Gasteiger partial charge is 0.187 e. The van der Waals surface area contributed by atoms with Gasteiger partial charge in [0.05, 0.1) is 48.2 Å². The van der Waals surface area contributed by atoms with Gasteiger partial charge in [-0.1, -0.05) is 6.07 Å². The summed E-state index contributed by atoms with van der Waals surface area (Å²) in [7, 11) is 0. The number of nitrogens with zero attached hydrogens (tertiary/aromatic N) is 4. The lowest BCUT2D eigenvalue weighted by atomic mass is 9.90. The van der Waals surface area contributed by atoms with Crippen molar-refractivity contribution < 1.29 is 28.5 Å². The summed E-state index contributed by atoms with van der Waals surface area (Å²) < 4.78 is 34.3. The summed E-state index contributed by atoms with van der Waals surface area (Å²) >= 11 is 0. The number of ketones is 1. The molecule has 4 atom stereocenters. The molecule has 2 aromatic heterocycles. The first kappa shape index (κ1) is 24.3. The van der Waals surface area contributed by atoms with E-state index >= 15 is 0 Å². The van der Waals surface area contributed by atoms with Crippen molar-refractivity contribution in [3.05, 3.63) is 71.3 Å². The van der Waals surface area contributed by atoms with Crippen LogP contribution in [0.15, 0.2) is 42.9 Å². The molecule has 0 spiro atoms. The average molecular weight is 481 g/mol. The van der Waals surface area contributed by atoms with E-state index in [0.29, 0.717) is 11.1 Å². The van der Waals surface area contributed by atoms with Crippen LogP contribution in [-0.4, -0.2) is 49.3 Å². The number of hydrogen-bond acceptors (Lipinski definition) is 9. The van der Waals surface area contributed by atoms with E-state index in [-0.39, 0.29) is 36.5 Å². The number of Topliss-reactive ketones (excluding diaryl/α,β-unsaturated/α-hetero) is 1. The number of ether oxygens (including phenoxy) is 1. The monoisotopic (exact) mass is 481 g/mol. The number of aromatic nitrogens is 3. The van der Waals surface area contributed by atoms with Crippen LogP contribution >= 0.6 is 0 Å². The molecule has 4 rings (SSSR count). The van der Waals surface area contributed by atoms with E-state index in [1.165, 1.54) is 18.5 Å². The van der Waals surface area contributed by atoms with Crippen molar-refractivity contribution in [1.82, 2.24) is 15.0 Å². The predicted molar refractivity (Wildman–Crippen MR) is 119 cm³/mol. The highest BCUT2D eigenvalue weighted by molar-refractivity contribution is 6.00. The number of carbonyl (C=O) groups is 1. The Morgan fingerprint density at radius 3 is 2.69 bits per heavy atom. The number of hydrogen-bond donors (Lipinski definition) is 3. The lowest BCUT2D eigenvalue weighted by molar-refractivity contribution is -0.168. The molecule has 35 heavy (non-hydrogen) atoms. The summed E-state index contributed by atoms with van der Waals surface area (Å²) in [5, 5.41) is 29.4. The number of aliphatic hydroxyl groups excluding tert-OH is 2. The third kappa shape index (κ3) is 5.00. The summed E-state index contributed by atoms with van der Waals surface area (Å²) in [5.74, 6) is -2.64. The molecule has 0 bridgehead atoms.